The van der Waals surface area contributed by atoms with Crippen LogP contribution in [0.15, 0.2) is 0 Å². The second-order valence-corrected chi connectivity index (χ2v) is 8.65. The molecule has 0 amide bonds. The lowest BCUT2D eigenvalue weighted by Gasteiger charge is -2.42. The molecule has 1 saturated carbocycles. The van der Waals surface area contributed by atoms with Gasteiger partial charge >= 0.3 is 0 Å². The molecule has 1 unspecified atom stereocenters. The van der Waals surface area contributed by atoms with Crippen molar-refractivity contribution >= 4 is 0 Å². The van der Waals surface area contributed by atoms with Gasteiger partial charge in [0.2, 0.25) is 0 Å². The quantitative estimate of drug-likeness (QED) is 0.814. The number of nitrogens with one attached hydrogen (secondary N) is 1. The summed E-state index contributed by atoms with van der Waals surface area (Å²) in [5, 5.41) is 3.64. The molecule has 0 radical (unpaired) electrons. The third-order valence-electron chi connectivity index (χ3n) is 5.59. The molecule has 1 N–H and O–H groups in total. The third-order valence-corrected chi connectivity index (χ3v) is 5.59. The summed E-state index contributed by atoms with van der Waals surface area (Å²) in [4.78, 5) is 2.63. The van der Waals surface area contributed by atoms with Crippen molar-refractivity contribution in [3.63, 3.8) is 0 Å². The van der Waals surface area contributed by atoms with Gasteiger partial charge in [-0.15, -0.1) is 0 Å². The maximum Gasteiger partial charge on any atom is 0.0547 e. The van der Waals surface area contributed by atoms with Crippen molar-refractivity contribution in [1.82, 2.24) is 10.2 Å². The predicted octanol–water partition coefficient (Wildman–Crippen LogP) is 3.29. The largest absolute Gasteiger partial charge is 0.381 e. The number of hydrogen-bond donors (Lipinski definition) is 1. The molecule has 1 aliphatic carbocycles. The van der Waals surface area contributed by atoms with Crippen LogP contribution in [-0.4, -0.2) is 50.3 Å². The van der Waals surface area contributed by atoms with E-state index in [1.165, 1.54) is 38.6 Å². The van der Waals surface area contributed by atoms with E-state index in [0.29, 0.717) is 16.9 Å². The number of rotatable bonds is 6. The average molecular weight is 296 g/mol. The zero-order chi connectivity index (χ0) is 15.5. The lowest BCUT2D eigenvalue weighted by atomic mass is 9.75. The van der Waals surface area contributed by atoms with E-state index in [4.69, 9.17) is 4.74 Å². The van der Waals surface area contributed by atoms with Crippen molar-refractivity contribution < 1.29 is 4.74 Å². The molecule has 3 heteroatoms. The first-order valence-electron chi connectivity index (χ1n) is 8.83. The molecule has 2 aliphatic rings. The van der Waals surface area contributed by atoms with Crippen molar-refractivity contribution in [2.75, 3.05) is 33.4 Å². The molecule has 3 nitrogen and oxygen atoms in total. The average Bonchev–Trinajstić information content (AvgIpc) is 2.85. The molecule has 2 fully saturated rings. The van der Waals surface area contributed by atoms with Crippen LogP contribution in [0, 0.1) is 10.8 Å². The summed E-state index contributed by atoms with van der Waals surface area (Å²) in [6, 6.07) is 1.33. The highest BCUT2D eigenvalue weighted by Gasteiger charge is 2.38. The zero-order valence-corrected chi connectivity index (χ0v) is 14.9. The van der Waals surface area contributed by atoms with Gasteiger partial charge in [0, 0.05) is 37.2 Å². The Balaban J connectivity index is 1.88. The van der Waals surface area contributed by atoms with E-state index in [-0.39, 0.29) is 0 Å². The molecule has 0 aromatic heterocycles. The third kappa shape index (κ3) is 4.94. The summed E-state index contributed by atoms with van der Waals surface area (Å²) < 4.78 is 5.75. The van der Waals surface area contributed by atoms with Crippen LogP contribution in [0.1, 0.15) is 59.8 Å². The van der Waals surface area contributed by atoms with Gasteiger partial charge in [0.15, 0.2) is 0 Å². The van der Waals surface area contributed by atoms with Crippen molar-refractivity contribution in [3.05, 3.63) is 0 Å². The van der Waals surface area contributed by atoms with Gasteiger partial charge in [0.1, 0.15) is 0 Å². The Morgan fingerprint density at radius 2 is 1.86 bits per heavy atom. The molecule has 0 aromatic carbocycles. The highest BCUT2D eigenvalue weighted by Crippen LogP contribution is 2.38. The molecular weight excluding hydrogens is 260 g/mol. The Labute approximate surface area is 131 Å². The van der Waals surface area contributed by atoms with Crippen LogP contribution < -0.4 is 5.32 Å². The van der Waals surface area contributed by atoms with Gasteiger partial charge < -0.3 is 15.0 Å². The van der Waals surface area contributed by atoms with Gasteiger partial charge in [0.05, 0.1) is 6.61 Å². The number of ether oxygens (including phenoxy) is 1. The molecule has 2 rings (SSSR count). The minimum Gasteiger partial charge on any atom is -0.381 e. The molecule has 1 saturated heterocycles. The van der Waals surface area contributed by atoms with Gasteiger partial charge in [-0.2, -0.15) is 0 Å². The molecule has 1 atom stereocenters. The zero-order valence-electron chi connectivity index (χ0n) is 14.9. The first-order chi connectivity index (χ1) is 9.82. The summed E-state index contributed by atoms with van der Waals surface area (Å²) in [6.45, 7) is 13.4. The van der Waals surface area contributed by atoms with Crippen LogP contribution in [0.5, 0.6) is 0 Å². The predicted molar refractivity (Wildman–Crippen MR) is 89.7 cm³/mol. The van der Waals surface area contributed by atoms with Crippen LogP contribution in [0.4, 0.5) is 0 Å². The molecule has 21 heavy (non-hydrogen) atoms. The maximum absolute atomic E-state index is 5.75. The maximum atomic E-state index is 5.75. The van der Waals surface area contributed by atoms with E-state index in [0.717, 1.165) is 25.8 Å². The summed E-state index contributed by atoms with van der Waals surface area (Å²) >= 11 is 0. The van der Waals surface area contributed by atoms with Crippen molar-refractivity contribution in [3.8, 4) is 0 Å². The second kappa shape index (κ2) is 6.97. The smallest absolute Gasteiger partial charge is 0.0547 e. The molecule has 1 heterocycles. The van der Waals surface area contributed by atoms with Crippen LogP contribution in [-0.2, 0) is 4.74 Å². The lowest BCUT2D eigenvalue weighted by Crippen LogP contribution is -2.48. The van der Waals surface area contributed by atoms with Crippen molar-refractivity contribution in [1.29, 1.82) is 0 Å². The fraction of sp³-hybridized carbons (Fsp3) is 1.00. The fourth-order valence-electron chi connectivity index (χ4n) is 3.87. The van der Waals surface area contributed by atoms with Crippen LogP contribution in [0.3, 0.4) is 0 Å². The van der Waals surface area contributed by atoms with E-state index in [2.05, 4.69) is 45.0 Å². The van der Waals surface area contributed by atoms with Gasteiger partial charge in [-0.05, 0) is 44.6 Å². The van der Waals surface area contributed by atoms with Crippen LogP contribution >= 0.6 is 0 Å². The summed E-state index contributed by atoms with van der Waals surface area (Å²) in [6.07, 6.45) is 6.66. The lowest BCUT2D eigenvalue weighted by molar-refractivity contribution is 0.0699. The highest BCUT2D eigenvalue weighted by atomic mass is 16.5. The van der Waals surface area contributed by atoms with Gasteiger partial charge in [-0.25, -0.2) is 0 Å². The van der Waals surface area contributed by atoms with E-state index in [1.807, 2.05) is 0 Å². The normalized spacial score (nSPS) is 30.4. The fourth-order valence-corrected chi connectivity index (χ4v) is 3.87. The summed E-state index contributed by atoms with van der Waals surface area (Å²) in [5.41, 5.74) is 0.886. The summed E-state index contributed by atoms with van der Waals surface area (Å²) in [7, 11) is 2.33. The number of nitrogens with zero attached hydrogens (tertiary/aromatic N) is 1. The monoisotopic (exact) mass is 296 g/mol. The van der Waals surface area contributed by atoms with Gasteiger partial charge in [0.25, 0.3) is 0 Å². The van der Waals surface area contributed by atoms with E-state index < -0.39 is 0 Å². The topological polar surface area (TPSA) is 24.5 Å². The molecule has 0 spiro atoms. The first-order valence-corrected chi connectivity index (χ1v) is 8.83. The Bertz CT molecular complexity index is 311. The molecule has 1 aliphatic heterocycles. The Morgan fingerprint density at radius 3 is 2.38 bits per heavy atom. The van der Waals surface area contributed by atoms with Gasteiger partial charge in [-0.1, -0.05) is 27.7 Å². The van der Waals surface area contributed by atoms with E-state index in [9.17, 15) is 0 Å². The molecule has 0 bridgehead atoms. The Kier molecular flexibility index (Phi) is 5.72. The Hall–Kier alpha value is -0.120. The highest BCUT2D eigenvalue weighted by molar-refractivity contribution is 4.91. The van der Waals surface area contributed by atoms with Crippen LogP contribution in [0.25, 0.3) is 0 Å². The molecule has 0 aromatic rings. The summed E-state index contributed by atoms with van der Waals surface area (Å²) in [5.74, 6) is 0. The molecule has 124 valence electrons. The van der Waals surface area contributed by atoms with Crippen molar-refractivity contribution in [2.45, 2.75) is 71.9 Å². The second-order valence-electron chi connectivity index (χ2n) is 8.65. The SMILES string of the molecule is CC(C)NCC1(CN(C)C2CCC(C)(C)CC2)CCOC1. The van der Waals surface area contributed by atoms with E-state index >= 15 is 0 Å². The van der Waals surface area contributed by atoms with E-state index in [1.54, 1.807) is 0 Å². The van der Waals surface area contributed by atoms with Gasteiger partial charge in [-0.3, -0.25) is 0 Å². The van der Waals surface area contributed by atoms with Crippen LogP contribution in [0.2, 0.25) is 0 Å². The molecular formula is C18H36N2O. The minimum atomic E-state index is 0.325. The van der Waals surface area contributed by atoms with Crippen molar-refractivity contribution in [2.24, 2.45) is 10.8 Å². The standard InChI is InChI=1S/C18H36N2O/c1-15(2)19-12-18(10-11-21-14-18)13-20(5)16-6-8-17(3,4)9-7-16/h15-16,19H,6-14H2,1-5H3. The Morgan fingerprint density at radius 1 is 1.19 bits per heavy atom. The number of hydrogen-bond acceptors (Lipinski definition) is 3. The first kappa shape index (κ1) is 17.2. The minimum absolute atomic E-state index is 0.325.